The molecule has 0 bridgehead atoms. The molecular weight excluding hydrogens is 282 g/mol. The quantitative estimate of drug-likeness (QED) is 0.444. The second-order valence-corrected chi connectivity index (χ2v) is 4.43. The predicted octanol–water partition coefficient (Wildman–Crippen LogP) is 1.92. The fourth-order valence-corrected chi connectivity index (χ4v) is 1.80. The zero-order valence-corrected chi connectivity index (χ0v) is 12.1. The van der Waals surface area contributed by atoms with Gasteiger partial charge in [0.25, 0.3) is 5.91 Å². The molecule has 2 aromatic rings. The number of furan rings is 1. The van der Waals surface area contributed by atoms with E-state index in [0.29, 0.717) is 12.1 Å². The fraction of sp³-hybridized carbons (Fsp3) is 0.133. The maximum atomic E-state index is 11.9. The van der Waals surface area contributed by atoms with Gasteiger partial charge in [0, 0.05) is 5.69 Å². The van der Waals surface area contributed by atoms with E-state index >= 15 is 0 Å². The molecule has 114 valence electrons. The van der Waals surface area contributed by atoms with E-state index in [9.17, 15) is 4.79 Å². The Morgan fingerprint density at radius 3 is 2.45 bits per heavy atom. The van der Waals surface area contributed by atoms with Crippen molar-refractivity contribution in [2.24, 2.45) is 21.7 Å². The number of anilines is 1. The fourth-order valence-electron chi connectivity index (χ4n) is 1.80. The smallest absolute Gasteiger partial charge is 0.291 e. The average molecular weight is 299 g/mol. The largest absolute Gasteiger partial charge is 0.459 e. The van der Waals surface area contributed by atoms with Gasteiger partial charge in [-0.2, -0.15) is 5.10 Å². The van der Waals surface area contributed by atoms with Gasteiger partial charge in [-0.1, -0.05) is 19.1 Å². The first kappa shape index (κ1) is 15.3. The number of hydrogen-bond acceptors (Lipinski definition) is 4. The van der Waals surface area contributed by atoms with Crippen LogP contribution in [0.15, 0.2) is 57.3 Å². The van der Waals surface area contributed by atoms with Crippen LogP contribution < -0.4 is 16.8 Å². The number of guanidine groups is 1. The van der Waals surface area contributed by atoms with Gasteiger partial charge in [-0.15, -0.1) is 5.10 Å². The van der Waals surface area contributed by atoms with Gasteiger partial charge >= 0.3 is 0 Å². The van der Waals surface area contributed by atoms with E-state index in [-0.39, 0.29) is 17.6 Å². The van der Waals surface area contributed by atoms with E-state index in [2.05, 4.69) is 15.5 Å². The molecule has 0 spiro atoms. The normalized spacial score (nSPS) is 11.0. The molecule has 0 saturated heterocycles. The van der Waals surface area contributed by atoms with Crippen molar-refractivity contribution >= 4 is 23.3 Å². The SMILES string of the molecule is CC/C(=N\N=C(N)N)c1ccc(NC(=O)c2ccco2)cc1. The van der Waals surface area contributed by atoms with Crippen LogP contribution in [0.3, 0.4) is 0 Å². The van der Waals surface area contributed by atoms with Crippen LogP contribution >= 0.6 is 0 Å². The van der Waals surface area contributed by atoms with Crippen molar-refractivity contribution < 1.29 is 9.21 Å². The minimum Gasteiger partial charge on any atom is -0.459 e. The molecule has 1 amide bonds. The highest BCUT2D eigenvalue weighted by atomic mass is 16.3. The molecule has 0 aliphatic heterocycles. The third-order valence-electron chi connectivity index (χ3n) is 2.84. The number of nitrogens with zero attached hydrogens (tertiary/aromatic N) is 2. The lowest BCUT2D eigenvalue weighted by atomic mass is 10.1. The standard InChI is InChI=1S/C15H17N5O2/c1-2-12(19-20-15(16)17)10-5-7-11(8-6-10)18-14(21)13-4-3-9-22-13/h3-9H,2H2,1H3,(H,18,21)(H4,16,17,20)/b19-12+. The predicted molar refractivity (Wildman–Crippen MR) is 85.7 cm³/mol. The van der Waals surface area contributed by atoms with Crippen LogP contribution in [0.5, 0.6) is 0 Å². The Morgan fingerprint density at radius 2 is 1.91 bits per heavy atom. The number of carbonyl (C=O) groups is 1. The summed E-state index contributed by atoms with van der Waals surface area (Å²) in [4.78, 5) is 11.9. The van der Waals surface area contributed by atoms with Gasteiger partial charge in [0.05, 0.1) is 12.0 Å². The van der Waals surface area contributed by atoms with Crippen LogP contribution in [0, 0.1) is 0 Å². The number of nitrogens with one attached hydrogen (secondary N) is 1. The van der Waals surface area contributed by atoms with Crippen LogP contribution in [-0.4, -0.2) is 17.6 Å². The summed E-state index contributed by atoms with van der Waals surface area (Å²) < 4.78 is 5.03. The number of rotatable bonds is 5. The molecule has 22 heavy (non-hydrogen) atoms. The van der Waals surface area contributed by atoms with E-state index in [0.717, 1.165) is 11.3 Å². The van der Waals surface area contributed by atoms with Gasteiger partial charge in [0.1, 0.15) is 0 Å². The molecule has 0 unspecified atom stereocenters. The van der Waals surface area contributed by atoms with E-state index in [1.54, 1.807) is 24.3 Å². The van der Waals surface area contributed by atoms with E-state index in [1.807, 2.05) is 19.1 Å². The minimum atomic E-state index is -0.303. The summed E-state index contributed by atoms with van der Waals surface area (Å²) in [5, 5.41) is 10.4. The first-order valence-corrected chi connectivity index (χ1v) is 6.71. The molecule has 1 aromatic heterocycles. The molecule has 1 heterocycles. The summed E-state index contributed by atoms with van der Waals surface area (Å²) >= 11 is 0. The van der Waals surface area contributed by atoms with Crippen molar-refractivity contribution in [2.75, 3.05) is 5.32 Å². The zero-order valence-electron chi connectivity index (χ0n) is 12.1. The monoisotopic (exact) mass is 299 g/mol. The van der Waals surface area contributed by atoms with Gasteiger partial charge in [0.2, 0.25) is 5.96 Å². The average Bonchev–Trinajstić information content (AvgIpc) is 3.03. The second kappa shape index (κ2) is 7.07. The molecule has 7 nitrogen and oxygen atoms in total. The Bertz CT molecular complexity index is 683. The van der Waals surface area contributed by atoms with Crippen LogP contribution in [0.4, 0.5) is 5.69 Å². The second-order valence-electron chi connectivity index (χ2n) is 4.43. The first-order valence-electron chi connectivity index (χ1n) is 6.71. The lowest BCUT2D eigenvalue weighted by Crippen LogP contribution is -2.22. The molecule has 0 aliphatic carbocycles. The molecule has 2 rings (SSSR count). The molecular formula is C15H17N5O2. The van der Waals surface area contributed by atoms with Gasteiger partial charge in [0.15, 0.2) is 5.76 Å². The summed E-state index contributed by atoms with van der Waals surface area (Å²) in [6.07, 6.45) is 2.13. The molecule has 7 heteroatoms. The van der Waals surface area contributed by atoms with Gasteiger partial charge < -0.3 is 21.2 Å². The highest BCUT2D eigenvalue weighted by molar-refractivity contribution is 6.03. The van der Waals surface area contributed by atoms with Crippen LogP contribution in [0.25, 0.3) is 0 Å². The van der Waals surface area contributed by atoms with Gasteiger partial charge in [-0.25, -0.2) is 0 Å². The molecule has 0 atom stereocenters. The number of carbonyl (C=O) groups excluding carboxylic acids is 1. The van der Waals surface area contributed by atoms with Crippen molar-refractivity contribution in [1.82, 2.24) is 0 Å². The Morgan fingerprint density at radius 1 is 1.18 bits per heavy atom. The molecule has 1 aromatic carbocycles. The Hall–Kier alpha value is -3.09. The first-order chi connectivity index (χ1) is 10.6. The molecule has 0 fully saturated rings. The third kappa shape index (κ3) is 3.95. The van der Waals surface area contributed by atoms with Crippen molar-refractivity contribution in [1.29, 1.82) is 0 Å². The van der Waals surface area contributed by atoms with Crippen molar-refractivity contribution in [3.05, 3.63) is 54.0 Å². The molecule has 0 aliphatic rings. The Labute approximate surface area is 127 Å². The van der Waals surface area contributed by atoms with Crippen LogP contribution in [0.1, 0.15) is 29.5 Å². The minimum absolute atomic E-state index is 0.0896. The summed E-state index contributed by atoms with van der Waals surface area (Å²) in [5.41, 5.74) is 12.8. The van der Waals surface area contributed by atoms with Crippen LogP contribution in [-0.2, 0) is 0 Å². The number of hydrogen-bond donors (Lipinski definition) is 3. The summed E-state index contributed by atoms with van der Waals surface area (Å²) in [6.45, 7) is 1.95. The van der Waals surface area contributed by atoms with Crippen molar-refractivity contribution in [2.45, 2.75) is 13.3 Å². The topological polar surface area (TPSA) is 119 Å². The Kier molecular flexibility index (Phi) is 4.92. The Balaban J connectivity index is 2.11. The van der Waals surface area contributed by atoms with Crippen molar-refractivity contribution in [3.8, 4) is 0 Å². The molecule has 0 radical (unpaired) electrons. The van der Waals surface area contributed by atoms with E-state index in [4.69, 9.17) is 15.9 Å². The molecule has 5 N–H and O–H groups in total. The number of benzene rings is 1. The number of amides is 1. The van der Waals surface area contributed by atoms with E-state index < -0.39 is 0 Å². The third-order valence-corrected chi connectivity index (χ3v) is 2.84. The lowest BCUT2D eigenvalue weighted by molar-refractivity contribution is 0.0996. The maximum absolute atomic E-state index is 11.9. The maximum Gasteiger partial charge on any atom is 0.291 e. The highest BCUT2D eigenvalue weighted by Gasteiger charge is 2.09. The number of nitrogens with two attached hydrogens (primary N) is 2. The van der Waals surface area contributed by atoms with Gasteiger partial charge in [-0.3, -0.25) is 4.79 Å². The summed E-state index contributed by atoms with van der Waals surface area (Å²) in [7, 11) is 0. The van der Waals surface area contributed by atoms with Crippen LogP contribution in [0.2, 0.25) is 0 Å². The van der Waals surface area contributed by atoms with Crippen molar-refractivity contribution in [3.63, 3.8) is 0 Å². The molecule has 0 saturated carbocycles. The summed E-state index contributed by atoms with van der Waals surface area (Å²) in [5.74, 6) is -0.136. The van der Waals surface area contributed by atoms with E-state index in [1.165, 1.54) is 6.26 Å². The van der Waals surface area contributed by atoms with Gasteiger partial charge in [-0.05, 0) is 36.2 Å². The zero-order chi connectivity index (χ0) is 15.9. The summed E-state index contributed by atoms with van der Waals surface area (Å²) in [6, 6.07) is 10.5. The highest BCUT2D eigenvalue weighted by Crippen LogP contribution is 2.13. The lowest BCUT2D eigenvalue weighted by Gasteiger charge is -2.06.